The van der Waals surface area contributed by atoms with Gasteiger partial charge in [-0.3, -0.25) is 9.59 Å². The van der Waals surface area contributed by atoms with Crippen molar-refractivity contribution in [3.8, 4) is 0 Å². The minimum atomic E-state index is -4.72. The van der Waals surface area contributed by atoms with Gasteiger partial charge in [0.05, 0.1) is 11.3 Å². The Morgan fingerprint density at radius 2 is 1.90 bits per heavy atom. The molecule has 1 aliphatic heterocycles. The van der Waals surface area contributed by atoms with E-state index in [9.17, 15) is 22.8 Å². The molecule has 0 aromatic heterocycles. The van der Waals surface area contributed by atoms with Crippen molar-refractivity contribution < 1.29 is 27.5 Å². The van der Waals surface area contributed by atoms with E-state index >= 15 is 0 Å². The number of alkyl halides is 3. The molecule has 9 heteroatoms. The lowest BCUT2D eigenvalue weighted by Crippen LogP contribution is -2.27. The zero-order valence-electron chi connectivity index (χ0n) is 15.6. The van der Waals surface area contributed by atoms with Gasteiger partial charge >= 0.3 is 6.18 Å². The lowest BCUT2D eigenvalue weighted by molar-refractivity contribution is -0.137. The number of amides is 2. The number of nitrogens with one attached hydrogen (secondary N) is 2. The molecule has 1 unspecified atom stereocenters. The maximum absolute atomic E-state index is 13.5. The quantitative estimate of drug-likeness (QED) is 0.572. The van der Waals surface area contributed by atoms with Gasteiger partial charge in [0, 0.05) is 22.8 Å². The molecule has 2 amide bonds. The monoisotopic (exact) mass is 482 g/mol. The summed E-state index contributed by atoms with van der Waals surface area (Å²) in [6, 6.07) is 10.3. The summed E-state index contributed by atoms with van der Waals surface area (Å²) in [5.41, 5.74) is -0.782. The Balaban J connectivity index is 1.76. The molecule has 0 spiro atoms. The van der Waals surface area contributed by atoms with Gasteiger partial charge in [-0.2, -0.15) is 13.2 Å². The molecule has 3 rings (SSSR count). The highest BCUT2D eigenvalue weighted by molar-refractivity contribution is 9.10. The number of hydrogen-bond acceptors (Lipinski definition) is 3. The Bertz CT molecular complexity index is 970. The predicted octanol–water partition coefficient (Wildman–Crippen LogP) is 5.24. The van der Waals surface area contributed by atoms with E-state index in [1.54, 1.807) is 24.3 Å². The van der Waals surface area contributed by atoms with Crippen LogP contribution < -0.4 is 10.6 Å². The molecule has 158 valence electrons. The summed E-state index contributed by atoms with van der Waals surface area (Å²) in [6.07, 6.45) is -1.50. The lowest BCUT2D eigenvalue weighted by Gasteiger charge is -2.16. The van der Waals surface area contributed by atoms with Gasteiger partial charge in [-0.05, 0) is 48.7 Å². The van der Waals surface area contributed by atoms with Crippen LogP contribution in [0, 0.1) is 0 Å². The molecule has 2 N–H and O–H groups in total. The van der Waals surface area contributed by atoms with E-state index in [4.69, 9.17) is 4.74 Å². The van der Waals surface area contributed by atoms with Crippen LogP contribution >= 0.6 is 15.9 Å². The van der Waals surface area contributed by atoms with Crippen LogP contribution in [-0.2, 0) is 20.5 Å². The van der Waals surface area contributed by atoms with Crippen molar-refractivity contribution in [3.05, 3.63) is 64.1 Å². The zero-order chi connectivity index (χ0) is 21.7. The van der Waals surface area contributed by atoms with Crippen LogP contribution in [-0.4, -0.2) is 24.5 Å². The number of hydrogen-bond donors (Lipinski definition) is 2. The van der Waals surface area contributed by atoms with Gasteiger partial charge in [0.2, 0.25) is 5.91 Å². The van der Waals surface area contributed by atoms with Crippen LogP contribution in [0.2, 0.25) is 0 Å². The first-order valence-electron chi connectivity index (χ1n) is 9.11. The third kappa shape index (κ3) is 5.70. The van der Waals surface area contributed by atoms with Crippen molar-refractivity contribution >= 4 is 45.2 Å². The maximum atomic E-state index is 13.5. The van der Waals surface area contributed by atoms with E-state index in [0.717, 1.165) is 29.1 Å². The molecular formula is C21H18BrF3N2O3. The highest BCUT2D eigenvalue weighted by Gasteiger charge is 2.34. The van der Waals surface area contributed by atoms with E-state index < -0.39 is 35.3 Å². The molecule has 0 saturated carbocycles. The summed E-state index contributed by atoms with van der Waals surface area (Å²) in [5.74, 6) is -1.21. The second-order valence-electron chi connectivity index (χ2n) is 6.59. The summed E-state index contributed by atoms with van der Waals surface area (Å²) < 4.78 is 46.5. The molecule has 30 heavy (non-hydrogen) atoms. The van der Waals surface area contributed by atoms with E-state index in [1.807, 2.05) is 0 Å². The number of ether oxygens (including phenoxy) is 1. The Labute approximate surface area is 179 Å². The van der Waals surface area contributed by atoms with Gasteiger partial charge in [-0.1, -0.05) is 34.1 Å². The Hall–Kier alpha value is -2.65. The van der Waals surface area contributed by atoms with E-state index in [2.05, 4.69) is 26.6 Å². The number of carbonyl (C=O) groups excluding carboxylic acids is 2. The minimum Gasteiger partial charge on any atom is -0.368 e. The predicted molar refractivity (Wildman–Crippen MR) is 111 cm³/mol. The Morgan fingerprint density at radius 1 is 1.13 bits per heavy atom. The summed E-state index contributed by atoms with van der Waals surface area (Å²) in [4.78, 5) is 24.2. The average Bonchev–Trinajstić information content (AvgIpc) is 3.23. The largest absolute Gasteiger partial charge is 0.418 e. The lowest BCUT2D eigenvalue weighted by atomic mass is 10.1. The molecule has 0 radical (unpaired) electrons. The Kier molecular flexibility index (Phi) is 6.94. The summed E-state index contributed by atoms with van der Waals surface area (Å²) in [6.45, 7) is 0.448. The molecule has 2 aromatic rings. The minimum absolute atomic E-state index is 0.0235. The summed E-state index contributed by atoms with van der Waals surface area (Å²) in [5, 5.41) is 4.68. The van der Waals surface area contributed by atoms with Crippen LogP contribution in [0.4, 0.5) is 24.5 Å². The average molecular weight is 483 g/mol. The second kappa shape index (κ2) is 9.44. The zero-order valence-corrected chi connectivity index (χ0v) is 17.2. The summed E-state index contributed by atoms with van der Waals surface area (Å²) in [7, 11) is 0. The van der Waals surface area contributed by atoms with Crippen LogP contribution in [0.1, 0.15) is 24.0 Å². The molecule has 1 fully saturated rings. The molecule has 0 bridgehead atoms. The smallest absolute Gasteiger partial charge is 0.368 e. The summed E-state index contributed by atoms with van der Waals surface area (Å²) >= 11 is 3.33. The highest BCUT2D eigenvalue weighted by atomic mass is 79.9. The molecule has 1 heterocycles. The fraction of sp³-hybridized carbons (Fsp3) is 0.238. The third-order valence-corrected chi connectivity index (χ3v) is 5.11. The number of rotatable bonds is 5. The van der Waals surface area contributed by atoms with Gasteiger partial charge < -0.3 is 15.4 Å². The molecular weight excluding hydrogens is 465 g/mol. The number of anilines is 2. The van der Waals surface area contributed by atoms with Gasteiger partial charge in [-0.25, -0.2) is 0 Å². The number of benzene rings is 2. The van der Waals surface area contributed by atoms with Crippen LogP contribution in [0.3, 0.4) is 0 Å². The topological polar surface area (TPSA) is 67.4 Å². The normalized spacial score (nSPS) is 16.6. The van der Waals surface area contributed by atoms with Crippen molar-refractivity contribution in [2.75, 3.05) is 17.2 Å². The van der Waals surface area contributed by atoms with E-state index in [-0.39, 0.29) is 5.69 Å². The SMILES string of the molecule is O=C(C=Cc1ccccc1Br)Nc1ccc(NC(=O)C2CCCO2)cc1C(F)(F)F. The first-order chi connectivity index (χ1) is 14.2. The fourth-order valence-corrected chi connectivity index (χ4v) is 3.34. The van der Waals surface area contributed by atoms with E-state index in [1.165, 1.54) is 12.1 Å². The molecule has 0 aliphatic carbocycles. The number of carbonyl (C=O) groups is 2. The molecule has 1 atom stereocenters. The molecule has 2 aromatic carbocycles. The fourth-order valence-electron chi connectivity index (χ4n) is 2.92. The van der Waals surface area contributed by atoms with Crippen molar-refractivity contribution in [1.82, 2.24) is 0 Å². The van der Waals surface area contributed by atoms with Crippen molar-refractivity contribution in [1.29, 1.82) is 0 Å². The van der Waals surface area contributed by atoms with Gasteiger partial charge in [0.15, 0.2) is 0 Å². The van der Waals surface area contributed by atoms with Gasteiger partial charge in [0.1, 0.15) is 6.10 Å². The second-order valence-corrected chi connectivity index (χ2v) is 7.45. The Morgan fingerprint density at radius 3 is 2.57 bits per heavy atom. The maximum Gasteiger partial charge on any atom is 0.418 e. The van der Waals surface area contributed by atoms with Crippen molar-refractivity contribution in [2.24, 2.45) is 0 Å². The number of halogens is 4. The first kappa shape index (κ1) is 22.0. The van der Waals surface area contributed by atoms with Crippen LogP contribution in [0.25, 0.3) is 6.08 Å². The van der Waals surface area contributed by atoms with Crippen molar-refractivity contribution in [2.45, 2.75) is 25.1 Å². The van der Waals surface area contributed by atoms with Gasteiger partial charge in [0.25, 0.3) is 5.91 Å². The standard InChI is InChI=1S/C21H18BrF3N2O3/c22-16-5-2-1-4-13(16)7-10-19(28)27-17-9-8-14(12-15(17)21(23,24)25)26-20(29)18-6-3-11-30-18/h1-2,4-5,7-10,12,18H,3,6,11H2,(H,26,29)(H,27,28). The van der Waals surface area contributed by atoms with Crippen molar-refractivity contribution in [3.63, 3.8) is 0 Å². The van der Waals surface area contributed by atoms with Gasteiger partial charge in [-0.15, -0.1) is 0 Å². The first-order valence-corrected chi connectivity index (χ1v) is 9.90. The molecule has 5 nitrogen and oxygen atoms in total. The van der Waals surface area contributed by atoms with E-state index in [0.29, 0.717) is 18.6 Å². The highest BCUT2D eigenvalue weighted by Crippen LogP contribution is 2.36. The third-order valence-electron chi connectivity index (χ3n) is 4.39. The van der Waals surface area contributed by atoms with Crippen LogP contribution in [0.15, 0.2) is 53.0 Å². The molecule has 1 aliphatic rings. The molecule has 1 saturated heterocycles. The van der Waals surface area contributed by atoms with Crippen LogP contribution in [0.5, 0.6) is 0 Å².